The molecular formula is C111H197N23O15. The van der Waals surface area contributed by atoms with Gasteiger partial charge in [-0.3, -0.25) is 10.4 Å². The van der Waals surface area contributed by atoms with E-state index in [9.17, 15) is 9.59 Å². The van der Waals surface area contributed by atoms with Gasteiger partial charge in [-0.15, -0.1) is 19.7 Å². The molecule has 21 N–H and O–H groups in total. The van der Waals surface area contributed by atoms with Crippen LogP contribution in [0.25, 0.3) is 0 Å². The molecule has 8 aliphatic heterocycles. The van der Waals surface area contributed by atoms with Crippen LogP contribution in [0.5, 0.6) is 5.75 Å². The fourth-order valence-corrected chi connectivity index (χ4v) is 11.6. The summed E-state index contributed by atoms with van der Waals surface area (Å²) in [5, 5.41) is 28.2. The number of rotatable bonds is 43. The Hall–Kier alpha value is -10.5. The van der Waals surface area contributed by atoms with E-state index in [4.69, 9.17) is 89.9 Å². The second-order valence-electron chi connectivity index (χ2n) is 33.6. The number of morpholine rings is 2. The fraction of sp³-hybridized carbons (Fsp3) is 0.559. The van der Waals surface area contributed by atoms with Crippen LogP contribution in [0.1, 0.15) is 57.1 Å². The third-order valence-electron chi connectivity index (χ3n) is 20.3. The highest BCUT2D eigenvalue weighted by molar-refractivity contribution is 5.94. The predicted octanol–water partition coefficient (Wildman–Crippen LogP) is 9.07. The number of aliphatic imine (C=N–C) groups is 1. The predicted molar refractivity (Wildman–Crippen MR) is 616 cm³/mol. The number of aryl methyl sites for hydroxylation is 2. The standard InChI is InChI=1S/C16H19NO4.C15H17N3.C15H19NO4.C8H17NO.C6H16N2.C6H15NO2.C6H11N.2C5H11NO.C5H5N.C4H10N2.C4H9NO.C4H11NO.C4H9N.C4H5N.C3H7N.CH5N3/c1-3-15(18)20-12-10-17(11-13-21-16(19)4-2)14-8-6-5-7-9-14;1-11-7-3-5-9-13(11)17-15(16)18-14-10-6-4-8-12(14)2;1-2-4-15(20-10-13-9-19-13)14(3-1)16(5-11-7-17-11)6-12-8-18-12;1-4-9(5-2)7-8-10-6-3;1-7(2)5-6-8(3)4;1-8-5-3-7-4-6-9-2;1-3-5-7-6-4-2;1-6-2-4-7-5-3-6;6-4-5-2-1-3-7-5;1-2-4-6-5-3-1;1-2-6-4-3-5-1;1-3-6-4-2-5-1;1-6-4-2-3-5;2*1-2-4-5-3-1;1-2-3-4;2-1(3)4/h3-9H,1-2,10-13H2;3-10H,1-2H3,(H3,16,17,18);1-4,11-13H,5-10H2;6H,3-5,7-8H2,1-2H3;5-6H2,1-4H3;7H,3-6H2,1-2H3;3-4,7H,1-2,5-6H2;2-5H2,1H3;5H,1-4,6H2;1-5H;5-6H,1-4H2;5H,1-4H2;2-5H2,1H3;5H,1-4H2;1-5H;2H,1,3-4H2;(H5,2,3,4). The molecule has 8 saturated heterocycles. The number of carbonyl (C=O) groups excluding carboxylic acids is 2. The molecule has 4 atom stereocenters. The lowest BCUT2D eigenvalue weighted by Crippen LogP contribution is -2.39. The topological polar surface area (TPSA) is 489 Å². The molecule has 8 aliphatic rings. The molecule has 0 bridgehead atoms. The number of nitrogens with one attached hydrogen (secondary N) is 9. The lowest BCUT2D eigenvalue weighted by molar-refractivity contribution is -0.137. The van der Waals surface area contributed by atoms with Gasteiger partial charge in [-0.1, -0.05) is 125 Å². The van der Waals surface area contributed by atoms with Crippen LogP contribution >= 0.6 is 0 Å². The van der Waals surface area contributed by atoms with Gasteiger partial charge in [-0.2, -0.15) is 0 Å². The van der Waals surface area contributed by atoms with Crippen molar-refractivity contribution in [3.05, 3.63) is 245 Å². The summed E-state index contributed by atoms with van der Waals surface area (Å²) in [7, 11) is 15.5. The average molecular weight is 2090 g/mol. The first-order valence-corrected chi connectivity index (χ1v) is 51.7. The Morgan fingerprint density at radius 1 is 0.537 bits per heavy atom. The first-order chi connectivity index (χ1) is 72.4. The van der Waals surface area contributed by atoms with Gasteiger partial charge in [0, 0.05) is 207 Å². The normalized spacial score (nSPS) is 15.7. The number of hydrogen-bond acceptors (Lipinski definition) is 33. The Morgan fingerprint density at radius 2 is 1.02 bits per heavy atom. The summed E-state index contributed by atoms with van der Waals surface area (Å²) in [6.07, 6.45) is 23.8. The third-order valence-corrected chi connectivity index (χ3v) is 20.3. The van der Waals surface area contributed by atoms with E-state index in [-0.39, 0.29) is 25.3 Å². The van der Waals surface area contributed by atoms with E-state index in [1.807, 2.05) is 171 Å². The number of piperazine rings is 1. The second-order valence-corrected chi connectivity index (χ2v) is 33.6. The van der Waals surface area contributed by atoms with Crippen molar-refractivity contribution in [2.75, 3.05) is 341 Å². The molecule has 0 radical (unpaired) electrons. The van der Waals surface area contributed by atoms with Gasteiger partial charge < -0.3 is 168 Å². The first-order valence-electron chi connectivity index (χ1n) is 51.7. The van der Waals surface area contributed by atoms with Gasteiger partial charge in [0.2, 0.25) is 0 Å². The average Bonchev–Trinajstić information content (AvgIpc) is 1.71. The van der Waals surface area contributed by atoms with Gasteiger partial charge in [0.05, 0.1) is 115 Å². The summed E-state index contributed by atoms with van der Waals surface area (Å²) in [6.45, 7) is 65.3. The minimum atomic E-state index is -0.457. The number of H-pyrrole nitrogens is 1. The van der Waals surface area contributed by atoms with Crippen molar-refractivity contribution in [1.29, 1.82) is 5.41 Å². The Bertz CT molecular complexity index is 3840. The van der Waals surface area contributed by atoms with Crippen LogP contribution < -0.4 is 86.2 Å². The van der Waals surface area contributed by atoms with E-state index < -0.39 is 11.9 Å². The quantitative estimate of drug-likeness (QED) is 0.00248. The summed E-state index contributed by atoms with van der Waals surface area (Å²) in [5.74, 6) is 0.0742. The summed E-state index contributed by atoms with van der Waals surface area (Å²) >= 11 is 0. The van der Waals surface area contributed by atoms with E-state index in [0.29, 0.717) is 57.1 Å². The molecule has 0 amide bonds. The molecule has 4 unspecified atom stereocenters. The zero-order valence-electron chi connectivity index (χ0n) is 92.7. The number of guanidine groups is 2. The zero-order chi connectivity index (χ0) is 111. The SMILES string of the molecule is C1CCNC1.C1CNCCN1.C1COCCN1.C=CC(=O)OCCN(CCOC(=O)C=C)c1ccccc1.C=CCN.C=CCNCC=C.C=COCCN(CC)CC.CN(C)CCN(C)C.CN1CCOCC1.COCCCN.COCCNCCOC.Cc1ccccc1N=C(N)Nc1ccccc1C.N=C(N)N.NCC1CCCO1.c1cc[nH]c1.c1ccc(N(CC2CO2)CC2CO2)c(OCC2CO2)c1.c1ccncc1. The third kappa shape index (κ3) is 102. The Morgan fingerprint density at radius 3 is 1.38 bits per heavy atom. The smallest absolute Gasteiger partial charge is 0.330 e. The molecule has 14 rings (SSSR count). The number of anilines is 3. The van der Waals surface area contributed by atoms with Crippen LogP contribution in [0.3, 0.4) is 0 Å². The number of likely N-dealkylation sites (N-methyl/N-ethyl adjacent to an activating group) is 4. The van der Waals surface area contributed by atoms with Gasteiger partial charge in [0.1, 0.15) is 31.7 Å². The number of carbonyl (C=O) groups is 2. The molecule has 4 aromatic carbocycles. The van der Waals surface area contributed by atoms with Crippen LogP contribution in [-0.2, 0) is 66.4 Å². The van der Waals surface area contributed by atoms with Crippen LogP contribution in [-0.4, -0.2) is 404 Å². The van der Waals surface area contributed by atoms with Crippen molar-refractivity contribution >= 4 is 46.6 Å². The molecule has 38 heteroatoms. The van der Waals surface area contributed by atoms with Gasteiger partial charge in [0.15, 0.2) is 11.9 Å². The molecule has 2 aromatic heterocycles. The first kappa shape index (κ1) is 143. The summed E-state index contributed by atoms with van der Waals surface area (Å²) in [4.78, 5) is 46.3. The summed E-state index contributed by atoms with van der Waals surface area (Å²) in [5.41, 5.74) is 36.4. The van der Waals surface area contributed by atoms with Crippen molar-refractivity contribution in [3.8, 4) is 5.75 Å². The maximum Gasteiger partial charge on any atom is 0.330 e. The molecular weight excluding hydrogens is 1900 g/mol. The maximum atomic E-state index is 11.0. The van der Waals surface area contributed by atoms with Crippen molar-refractivity contribution in [2.24, 2.45) is 39.4 Å². The van der Waals surface area contributed by atoms with E-state index in [2.05, 4.69) is 183 Å². The molecule has 10 heterocycles. The molecule has 6 aromatic rings. The maximum absolute atomic E-state index is 11.0. The number of hydrogen-bond donors (Lipinski definition) is 15. The molecule has 846 valence electrons. The van der Waals surface area contributed by atoms with Crippen LogP contribution in [0.15, 0.2) is 239 Å². The molecule has 0 spiro atoms. The van der Waals surface area contributed by atoms with Crippen LogP contribution in [0, 0.1) is 19.3 Å². The Labute approximate surface area is 895 Å². The number of aromatic nitrogens is 2. The van der Waals surface area contributed by atoms with Crippen LogP contribution in [0.2, 0.25) is 0 Å². The molecule has 8 fully saturated rings. The number of esters is 2. The van der Waals surface area contributed by atoms with E-state index in [0.717, 1.165) is 275 Å². The number of epoxide rings is 3. The number of para-hydroxylation sites is 5. The lowest BCUT2D eigenvalue weighted by Gasteiger charge is -2.25. The van der Waals surface area contributed by atoms with E-state index in [1.54, 1.807) is 39.8 Å². The number of ether oxygens (including phenoxy) is 13. The molecule has 38 nitrogen and oxygen atoms in total. The minimum absolute atomic E-state index is 0.231. The number of benzene rings is 4. The van der Waals surface area contributed by atoms with Gasteiger partial charge in [-0.25, -0.2) is 14.6 Å². The van der Waals surface area contributed by atoms with Gasteiger partial charge in [-0.05, 0) is 186 Å². The van der Waals surface area contributed by atoms with E-state index >= 15 is 0 Å². The van der Waals surface area contributed by atoms with Crippen LogP contribution in [0.4, 0.5) is 22.7 Å². The largest absolute Gasteiger partial charge is 0.500 e. The van der Waals surface area contributed by atoms with Crippen molar-refractivity contribution < 1.29 is 71.2 Å². The zero-order valence-corrected chi connectivity index (χ0v) is 92.7. The number of methoxy groups -OCH3 is 3. The van der Waals surface area contributed by atoms with E-state index in [1.165, 1.54) is 38.6 Å². The number of pyridine rings is 1. The molecule has 0 aliphatic carbocycles. The molecule has 0 saturated carbocycles. The highest BCUT2D eigenvalue weighted by atomic mass is 16.6. The molecule has 149 heavy (non-hydrogen) atoms. The number of aromatic amines is 1. The lowest BCUT2D eigenvalue weighted by atomic mass is 10.2. The van der Waals surface area contributed by atoms with Crippen molar-refractivity contribution in [1.82, 2.24) is 61.5 Å². The summed E-state index contributed by atoms with van der Waals surface area (Å²) < 4.78 is 66.4. The second kappa shape index (κ2) is 109. The fourth-order valence-electron chi connectivity index (χ4n) is 11.6. The highest BCUT2D eigenvalue weighted by Gasteiger charge is 2.33. The van der Waals surface area contributed by atoms with Gasteiger partial charge >= 0.3 is 11.9 Å². The van der Waals surface area contributed by atoms with Gasteiger partial charge in [0.25, 0.3) is 0 Å². The van der Waals surface area contributed by atoms with Crippen molar-refractivity contribution in [2.45, 2.75) is 84.2 Å². The van der Waals surface area contributed by atoms with Crippen molar-refractivity contribution in [3.63, 3.8) is 0 Å². The highest BCUT2D eigenvalue weighted by Crippen LogP contribution is 2.32. The number of nitrogens with two attached hydrogens (primary N) is 6. The Kier molecular flexibility index (Phi) is 104. The Balaban J connectivity index is -0.00000156. The minimum Gasteiger partial charge on any atom is -0.500 e. The number of nitrogens with zero attached hydrogens (tertiary/aromatic N) is 8. The monoisotopic (exact) mass is 2090 g/mol. The summed E-state index contributed by atoms with van der Waals surface area (Å²) in [6, 6.07) is 43.3.